The van der Waals surface area contributed by atoms with E-state index in [0.717, 1.165) is 32.1 Å². The van der Waals surface area contributed by atoms with Crippen LogP contribution >= 0.6 is 0 Å². The molecule has 0 aromatic heterocycles. The van der Waals surface area contributed by atoms with Crippen molar-refractivity contribution in [3.05, 3.63) is 29.3 Å². The third-order valence-corrected chi connectivity index (χ3v) is 6.42. The number of fused-ring (bicyclic) bond motifs is 3. The summed E-state index contributed by atoms with van der Waals surface area (Å²) in [7, 11) is 4.17. The molecule has 0 bridgehead atoms. The van der Waals surface area contributed by atoms with Gasteiger partial charge in [-0.05, 0) is 60.3 Å². The molecule has 3 unspecified atom stereocenters. The van der Waals surface area contributed by atoms with Gasteiger partial charge in [0.05, 0.1) is 0 Å². The molecule has 1 aromatic rings. The zero-order valence-corrected chi connectivity index (χ0v) is 14.3. The van der Waals surface area contributed by atoms with E-state index in [2.05, 4.69) is 51.0 Å². The maximum atomic E-state index is 12.1. The lowest BCUT2D eigenvalue weighted by atomic mass is 9.49. The lowest BCUT2D eigenvalue weighted by molar-refractivity contribution is -0.135. The molecule has 1 aromatic carbocycles. The zero-order chi connectivity index (χ0) is 16.1. The van der Waals surface area contributed by atoms with Gasteiger partial charge < -0.3 is 10.6 Å². The molecule has 0 aliphatic heterocycles. The van der Waals surface area contributed by atoms with Crippen molar-refractivity contribution in [2.24, 2.45) is 17.1 Å². The predicted octanol–water partition coefficient (Wildman–Crippen LogP) is 3.25. The summed E-state index contributed by atoms with van der Waals surface area (Å²) in [6, 6.07) is 6.83. The number of benzene rings is 1. The molecule has 3 nitrogen and oxygen atoms in total. The number of anilines is 1. The zero-order valence-electron chi connectivity index (χ0n) is 14.3. The van der Waals surface area contributed by atoms with E-state index >= 15 is 0 Å². The number of hydrogen-bond donors (Lipinski definition) is 1. The van der Waals surface area contributed by atoms with Crippen LogP contribution in [0.3, 0.4) is 0 Å². The van der Waals surface area contributed by atoms with Crippen LogP contribution in [-0.4, -0.2) is 20.0 Å². The standard InChI is InChI=1S/C19H28N2O/c1-18-10-5-11-19(2,17(20)22)16(18)9-6-13-12-14(21(3)4)7-8-15(13)18/h7-8,12,16H,5-6,9-11H2,1-4H3,(H2,20,22). The molecule has 2 aliphatic rings. The van der Waals surface area contributed by atoms with Crippen LogP contribution < -0.4 is 10.6 Å². The molecule has 0 radical (unpaired) electrons. The number of rotatable bonds is 2. The third-order valence-electron chi connectivity index (χ3n) is 6.42. The molecule has 0 saturated heterocycles. The molecular weight excluding hydrogens is 272 g/mol. The van der Waals surface area contributed by atoms with Crippen LogP contribution in [0.2, 0.25) is 0 Å². The van der Waals surface area contributed by atoms with E-state index in [1.54, 1.807) is 0 Å². The summed E-state index contributed by atoms with van der Waals surface area (Å²) in [5, 5.41) is 0. The highest BCUT2D eigenvalue weighted by Crippen LogP contribution is 2.57. The Balaban J connectivity index is 2.08. The Morgan fingerprint density at radius 1 is 1.27 bits per heavy atom. The number of carbonyl (C=O) groups excluding carboxylic acids is 1. The van der Waals surface area contributed by atoms with Crippen LogP contribution in [-0.2, 0) is 16.6 Å². The second kappa shape index (κ2) is 5.00. The monoisotopic (exact) mass is 300 g/mol. The Morgan fingerprint density at radius 3 is 2.64 bits per heavy atom. The lowest BCUT2D eigenvalue weighted by Gasteiger charge is -2.54. The molecule has 3 atom stereocenters. The fraction of sp³-hybridized carbons (Fsp3) is 0.632. The Kier molecular flexibility index (Phi) is 3.50. The van der Waals surface area contributed by atoms with Crippen LogP contribution in [0, 0.1) is 11.3 Å². The quantitative estimate of drug-likeness (QED) is 0.911. The van der Waals surface area contributed by atoms with E-state index in [0.29, 0.717) is 5.92 Å². The average Bonchev–Trinajstić information content (AvgIpc) is 2.46. The van der Waals surface area contributed by atoms with Crippen molar-refractivity contribution in [3.63, 3.8) is 0 Å². The summed E-state index contributed by atoms with van der Waals surface area (Å²) < 4.78 is 0. The number of hydrogen-bond acceptors (Lipinski definition) is 2. The van der Waals surface area contributed by atoms with Gasteiger partial charge in [0.1, 0.15) is 0 Å². The summed E-state index contributed by atoms with van der Waals surface area (Å²) in [6.45, 7) is 4.45. The number of aryl methyl sites for hydroxylation is 1. The lowest BCUT2D eigenvalue weighted by Crippen LogP contribution is -2.54. The first kappa shape index (κ1) is 15.4. The van der Waals surface area contributed by atoms with Crippen LogP contribution in [0.1, 0.15) is 50.7 Å². The topological polar surface area (TPSA) is 46.3 Å². The number of nitrogens with zero attached hydrogens (tertiary/aromatic N) is 1. The van der Waals surface area contributed by atoms with E-state index in [4.69, 9.17) is 5.73 Å². The van der Waals surface area contributed by atoms with Crippen molar-refractivity contribution in [1.29, 1.82) is 0 Å². The third kappa shape index (κ3) is 2.05. The summed E-state index contributed by atoms with van der Waals surface area (Å²) in [6.07, 6.45) is 5.31. The maximum absolute atomic E-state index is 12.1. The van der Waals surface area contributed by atoms with E-state index in [9.17, 15) is 4.79 Å². The highest BCUT2D eigenvalue weighted by atomic mass is 16.1. The number of nitrogens with two attached hydrogens (primary N) is 1. The molecule has 2 aliphatic carbocycles. The number of primary amides is 1. The molecule has 22 heavy (non-hydrogen) atoms. The Bertz CT molecular complexity index is 609. The van der Waals surface area contributed by atoms with Gasteiger partial charge in [-0.3, -0.25) is 4.79 Å². The van der Waals surface area contributed by atoms with E-state index in [1.807, 2.05) is 0 Å². The van der Waals surface area contributed by atoms with Gasteiger partial charge in [-0.25, -0.2) is 0 Å². The smallest absolute Gasteiger partial charge is 0.223 e. The van der Waals surface area contributed by atoms with Crippen LogP contribution in [0.4, 0.5) is 5.69 Å². The minimum absolute atomic E-state index is 0.0838. The first-order valence-corrected chi connectivity index (χ1v) is 8.40. The summed E-state index contributed by atoms with van der Waals surface area (Å²) in [5.41, 5.74) is 9.69. The maximum Gasteiger partial charge on any atom is 0.223 e. The van der Waals surface area contributed by atoms with Gasteiger partial charge >= 0.3 is 0 Å². The number of carbonyl (C=O) groups is 1. The summed E-state index contributed by atoms with van der Waals surface area (Å²) in [5.74, 6) is 0.251. The van der Waals surface area contributed by atoms with Gasteiger partial charge in [0.2, 0.25) is 5.91 Å². The Morgan fingerprint density at radius 2 is 2.00 bits per heavy atom. The molecule has 3 heteroatoms. The van der Waals surface area contributed by atoms with Crippen molar-refractivity contribution >= 4 is 11.6 Å². The molecule has 2 N–H and O–H groups in total. The molecule has 0 spiro atoms. The van der Waals surface area contributed by atoms with Gasteiger partial charge in [-0.15, -0.1) is 0 Å². The first-order chi connectivity index (χ1) is 10.3. The molecule has 1 fully saturated rings. The largest absolute Gasteiger partial charge is 0.378 e. The summed E-state index contributed by atoms with van der Waals surface area (Å²) >= 11 is 0. The molecule has 1 saturated carbocycles. The van der Waals surface area contributed by atoms with Gasteiger partial charge in [0.25, 0.3) is 0 Å². The summed E-state index contributed by atoms with van der Waals surface area (Å²) in [4.78, 5) is 14.3. The van der Waals surface area contributed by atoms with Crippen molar-refractivity contribution in [2.75, 3.05) is 19.0 Å². The van der Waals surface area contributed by atoms with Crippen LogP contribution in [0.15, 0.2) is 18.2 Å². The first-order valence-electron chi connectivity index (χ1n) is 8.40. The fourth-order valence-electron chi connectivity index (χ4n) is 5.05. The van der Waals surface area contributed by atoms with Gasteiger partial charge in [0.15, 0.2) is 0 Å². The number of amides is 1. The van der Waals surface area contributed by atoms with Crippen molar-refractivity contribution in [2.45, 2.75) is 51.4 Å². The molecule has 3 rings (SSSR count). The van der Waals surface area contributed by atoms with Crippen LogP contribution in [0.5, 0.6) is 0 Å². The van der Waals surface area contributed by atoms with Crippen molar-refractivity contribution in [3.8, 4) is 0 Å². The van der Waals surface area contributed by atoms with Gasteiger partial charge in [0, 0.05) is 25.2 Å². The SMILES string of the molecule is CN(C)c1ccc2c(c1)CCC1C(C)(C(N)=O)CCCC21C. The molecule has 0 heterocycles. The second-order valence-corrected chi connectivity index (χ2v) is 7.88. The Labute approximate surface area is 133 Å². The average molecular weight is 300 g/mol. The van der Waals surface area contributed by atoms with Gasteiger partial charge in [-0.2, -0.15) is 0 Å². The second-order valence-electron chi connectivity index (χ2n) is 7.88. The minimum Gasteiger partial charge on any atom is -0.378 e. The highest BCUT2D eigenvalue weighted by molar-refractivity contribution is 5.81. The van der Waals surface area contributed by atoms with Crippen molar-refractivity contribution < 1.29 is 4.79 Å². The van der Waals surface area contributed by atoms with E-state index in [-0.39, 0.29) is 16.7 Å². The normalized spacial score (nSPS) is 33.7. The molecule has 1 amide bonds. The van der Waals surface area contributed by atoms with Gasteiger partial charge in [-0.1, -0.05) is 26.3 Å². The fourth-order valence-corrected chi connectivity index (χ4v) is 5.05. The molecular formula is C19H28N2O. The predicted molar refractivity (Wildman–Crippen MR) is 91.1 cm³/mol. The van der Waals surface area contributed by atoms with Crippen LogP contribution in [0.25, 0.3) is 0 Å². The minimum atomic E-state index is -0.356. The Hall–Kier alpha value is -1.51. The highest BCUT2D eigenvalue weighted by Gasteiger charge is 2.54. The van der Waals surface area contributed by atoms with E-state index < -0.39 is 0 Å². The van der Waals surface area contributed by atoms with E-state index in [1.165, 1.54) is 16.8 Å². The molecule has 120 valence electrons. The van der Waals surface area contributed by atoms with Crippen molar-refractivity contribution in [1.82, 2.24) is 0 Å².